The Morgan fingerprint density at radius 3 is 2.39 bits per heavy atom. The van der Waals surface area contributed by atoms with E-state index in [9.17, 15) is 4.79 Å². The molecule has 0 bridgehead atoms. The Balaban J connectivity index is 3.90. The Bertz CT molecular complexity index is 302. The molecule has 0 heterocycles. The minimum atomic E-state index is 0.0359. The highest BCUT2D eigenvalue weighted by Gasteiger charge is 2.10. The Morgan fingerprint density at radius 1 is 1.28 bits per heavy atom. The third kappa shape index (κ3) is 7.92. The van der Waals surface area contributed by atoms with Crippen LogP contribution in [0.25, 0.3) is 0 Å². The van der Waals surface area contributed by atoms with Crippen LogP contribution in [-0.4, -0.2) is 36.0 Å². The van der Waals surface area contributed by atoms with E-state index >= 15 is 0 Å². The lowest BCUT2D eigenvalue weighted by molar-refractivity contribution is -0.120. The van der Waals surface area contributed by atoms with Gasteiger partial charge in [-0.1, -0.05) is 17.9 Å². The number of carbonyl (C=O) groups is 1. The van der Waals surface area contributed by atoms with Crippen molar-refractivity contribution in [1.82, 2.24) is 10.2 Å². The summed E-state index contributed by atoms with van der Waals surface area (Å²) in [7, 11) is 0. The van der Waals surface area contributed by atoms with Crippen LogP contribution in [0.15, 0.2) is 12.7 Å². The summed E-state index contributed by atoms with van der Waals surface area (Å²) in [5.41, 5.74) is 0. The first kappa shape index (κ1) is 16.7. The van der Waals surface area contributed by atoms with E-state index < -0.39 is 0 Å². The van der Waals surface area contributed by atoms with Gasteiger partial charge in [-0.3, -0.25) is 9.69 Å². The van der Waals surface area contributed by atoms with Crippen molar-refractivity contribution in [3.05, 3.63) is 12.7 Å². The van der Waals surface area contributed by atoms with Crippen LogP contribution >= 0.6 is 0 Å². The second-order valence-corrected chi connectivity index (χ2v) is 4.82. The summed E-state index contributed by atoms with van der Waals surface area (Å²) in [6, 6.07) is 0.975. The molecule has 18 heavy (non-hydrogen) atoms. The SMILES string of the molecule is C=CCCC(=O)NCC#CCN(C(C)C)C(C)C. The number of nitrogens with zero attached hydrogens (tertiary/aromatic N) is 1. The maximum absolute atomic E-state index is 11.3. The van der Waals surface area contributed by atoms with Crippen LogP contribution in [0, 0.1) is 11.8 Å². The third-order valence-corrected chi connectivity index (χ3v) is 2.66. The van der Waals surface area contributed by atoms with Crippen LogP contribution in [0.3, 0.4) is 0 Å². The minimum Gasteiger partial charge on any atom is -0.345 e. The largest absolute Gasteiger partial charge is 0.345 e. The molecule has 0 saturated carbocycles. The maximum atomic E-state index is 11.3. The normalized spacial score (nSPS) is 10.4. The molecule has 0 atom stereocenters. The predicted molar refractivity (Wildman–Crippen MR) is 77.2 cm³/mol. The van der Waals surface area contributed by atoms with Crippen LogP contribution in [0.4, 0.5) is 0 Å². The Kier molecular flexibility index (Phi) is 9.04. The molecule has 0 aromatic heterocycles. The van der Waals surface area contributed by atoms with Crippen LogP contribution < -0.4 is 5.32 Å². The van der Waals surface area contributed by atoms with E-state index in [1.165, 1.54) is 0 Å². The zero-order valence-electron chi connectivity index (χ0n) is 12.1. The molecule has 0 unspecified atom stereocenters. The van der Waals surface area contributed by atoms with Gasteiger partial charge in [-0.25, -0.2) is 0 Å². The van der Waals surface area contributed by atoms with Gasteiger partial charge in [0.05, 0.1) is 13.1 Å². The lowest BCUT2D eigenvalue weighted by Gasteiger charge is -2.28. The van der Waals surface area contributed by atoms with E-state index in [1.54, 1.807) is 6.08 Å². The first-order valence-corrected chi connectivity index (χ1v) is 6.58. The molecule has 1 N–H and O–H groups in total. The van der Waals surface area contributed by atoms with Crippen molar-refractivity contribution in [1.29, 1.82) is 0 Å². The van der Waals surface area contributed by atoms with E-state index in [-0.39, 0.29) is 5.91 Å². The molecule has 3 heteroatoms. The number of rotatable bonds is 7. The summed E-state index contributed by atoms with van der Waals surface area (Å²) >= 11 is 0. The third-order valence-electron chi connectivity index (χ3n) is 2.66. The van der Waals surface area contributed by atoms with Crippen molar-refractivity contribution in [2.75, 3.05) is 13.1 Å². The standard InChI is InChI=1S/C15H26N2O/c1-6-7-10-15(18)16-11-8-9-12-17(13(2)3)14(4)5/h6,13-14H,1,7,10-12H2,2-5H3,(H,16,18). The molecule has 0 saturated heterocycles. The Labute approximate surface area is 112 Å². The molecule has 102 valence electrons. The van der Waals surface area contributed by atoms with Gasteiger partial charge in [0.25, 0.3) is 0 Å². The smallest absolute Gasteiger partial charge is 0.221 e. The zero-order chi connectivity index (χ0) is 14.0. The molecule has 3 nitrogen and oxygen atoms in total. The Morgan fingerprint density at radius 2 is 1.89 bits per heavy atom. The molecule has 0 rings (SSSR count). The number of carbonyl (C=O) groups excluding carboxylic acids is 1. The summed E-state index contributed by atoms with van der Waals surface area (Å²) in [6.45, 7) is 13.4. The van der Waals surface area contributed by atoms with E-state index in [0.717, 1.165) is 6.54 Å². The van der Waals surface area contributed by atoms with E-state index in [4.69, 9.17) is 0 Å². The first-order valence-electron chi connectivity index (χ1n) is 6.58. The lowest BCUT2D eigenvalue weighted by Crippen LogP contribution is -2.37. The number of hydrogen-bond donors (Lipinski definition) is 1. The van der Waals surface area contributed by atoms with Crippen LogP contribution in [0.2, 0.25) is 0 Å². The fourth-order valence-electron chi connectivity index (χ4n) is 1.64. The molecule has 0 aliphatic heterocycles. The molecule has 0 aromatic rings. The number of nitrogens with one attached hydrogen (secondary N) is 1. The number of allylic oxidation sites excluding steroid dienone is 1. The van der Waals surface area contributed by atoms with Crippen molar-refractivity contribution in [3.63, 3.8) is 0 Å². The van der Waals surface area contributed by atoms with E-state index in [0.29, 0.717) is 31.5 Å². The summed E-state index contributed by atoms with van der Waals surface area (Å²) in [6.07, 6.45) is 2.96. The number of amides is 1. The second kappa shape index (κ2) is 9.73. The van der Waals surface area contributed by atoms with Gasteiger partial charge in [-0.2, -0.15) is 0 Å². The van der Waals surface area contributed by atoms with Crippen molar-refractivity contribution < 1.29 is 4.79 Å². The highest BCUT2D eigenvalue weighted by Crippen LogP contribution is 2.02. The molecule has 0 aliphatic carbocycles. The fourth-order valence-corrected chi connectivity index (χ4v) is 1.64. The molecule has 0 aliphatic rings. The molecule has 1 amide bonds. The van der Waals surface area contributed by atoms with Gasteiger partial charge in [0.15, 0.2) is 0 Å². The topological polar surface area (TPSA) is 32.3 Å². The van der Waals surface area contributed by atoms with Crippen LogP contribution in [0.5, 0.6) is 0 Å². The van der Waals surface area contributed by atoms with Gasteiger partial charge < -0.3 is 5.32 Å². The maximum Gasteiger partial charge on any atom is 0.221 e. The predicted octanol–water partition coefficient (Wildman–Crippen LogP) is 2.19. The van der Waals surface area contributed by atoms with Crippen LogP contribution in [-0.2, 0) is 4.79 Å². The molecular formula is C15H26N2O. The molecular weight excluding hydrogens is 224 g/mol. The lowest BCUT2D eigenvalue weighted by atomic mass is 10.2. The van der Waals surface area contributed by atoms with Gasteiger partial charge in [-0.15, -0.1) is 6.58 Å². The summed E-state index contributed by atoms with van der Waals surface area (Å²) in [4.78, 5) is 13.6. The average molecular weight is 250 g/mol. The van der Waals surface area contributed by atoms with Gasteiger partial charge in [-0.05, 0) is 34.1 Å². The summed E-state index contributed by atoms with van der Waals surface area (Å²) < 4.78 is 0. The average Bonchev–Trinajstić information content (AvgIpc) is 2.29. The van der Waals surface area contributed by atoms with Gasteiger partial charge in [0.2, 0.25) is 5.91 Å². The fraction of sp³-hybridized carbons (Fsp3) is 0.667. The van der Waals surface area contributed by atoms with E-state index in [1.807, 2.05) is 0 Å². The Hall–Kier alpha value is -1.27. The van der Waals surface area contributed by atoms with Crippen molar-refractivity contribution in [2.45, 2.75) is 52.6 Å². The second-order valence-electron chi connectivity index (χ2n) is 4.82. The molecule has 0 aromatic carbocycles. The first-order chi connectivity index (χ1) is 8.49. The van der Waals surface area contributed by atoms with Gasteiger partial charge in [0.1, 0.15) is 0 Å². The zero-order valence-corrected chi connectivity index (χ0v) is 12.1. The van der Waals surface area contributed by atoms with Crippen LogP contribution in [0.1, 0.15) is 40.5 Å². The monoisotopic (exact) mass is 250 g/mol. The van der Waals surface area contributed by atoms with Crippen molar-refractivity contribution in [2.24, 2.45) is 0 Å². The van der Waals surface area contributed by atoms with Gasteiger partial charge in [0, 0.05) is 18.5 Å². The highest BCUT2D eigenvalue weighted by molar-refractivity contribution is 5.76. The quantitative estimate of drug-likeness (QED) is 0.555. The van der Waals surface area contributed by atoms with Gasteiger partial charge >= 0.3 is 0 Å². The highest BCUT2D eigenvalue weighted by atomic mass is 16.1. The summed E-state index contributed by atoms with van der Waals surface area (Å²) in [5, 5.41) is 2.77. The number of hydrogen-bond acceptors (Lipinski definition) is 2. The van der Waals surface area contributed by atoms with E-state index in [2.05, 4.69) is 56.3 Å². The molecule has 0 fully saturated rings. The van der Waals surface area contributed by atoms with Crippen molar-refractivity contribution >= 4 is 5.91 Å². The molecule has 0 spiro atoms. The summed E-state index contributed by atoms with van der Waals surface area (Å²) in [5.74, 6) is 6.12. The molecule has 0 radical (unpaired) electrons. The minimum absolute atomic E-state index is 0.0359. The van der Waals surface area contributed by atoms with Crippen molar-refractivity contribution in [3.8, 4) is 11.8 Å².